The summed E-state index contributed by atoms with van der Waals surface area (Å²) >= 11 is 0. The van der Waals surface area contributed by atoms with Crippen LogP contribution in [0.2, 0.25) is 0 Å². The molecule has 2 heterocycles. The Hall–Kier alpha value is -0.910. The molecule has 0 aromatic carbocycles. The molecule has 1 fully saturated rings. The molecule has 1 aromatic heterocycles. The number of likely N-dealkylation sites (N-methyl/N-ethyl adjacent to an activating group) is 1. The van der Waals surface area contributed by atoms with Gasteiger partial charge in [0.15, 0.2) is 6.29 Å². The summed E-state index contributed by atoms with van der Waals surface area (Å²) < 4.78 is 13.0. The van der Waals surface area contributed by atoms with Gasteiger partial charge in [-0.3, -0.25) is 4.68 Å². The summed E-state index contributed by atoms with van der Waals surface area (Å²) in [5, 5.41) is 8.09. The van der Waals surface area contributed by atoms with Crippen LogP contribution in [0.5, 0.6) is 0 Å². The number of nitrogens with one attached hydrogen (secondary N) is 1. The second kappa shape index (κ2) is 7.03. The van der Waals surface area contributed by atoms with Gasteiger partial charge in [0, 0.05) is 31.1 Å². The molecular weight excluding hydrogens is 242 g/mol. The number of nitrogens with zero attached hydrogens (tertiary/aromatic N) is 2. The Morgan fingerprint density at radius 1 is 1.42 bits per heavy atom. The summed E-state index contributed by atoms with van der Waals surface area (Å²) in [6.45, 7) is 8.77. The lowest BCUT2D eigenvalue weighted by molar-refractivity contribution is -0.0526. The van der Waals surface area contributed by atoms with Crippen molar-refractivity contribution in [3.63, 3.8) is 0 Å². The van der Waals surface area contributed by atoms with Gasteiger partial charge in [0.25, 0.3) is 0 Å². The summed E-state index contributed by atoms with van der Waals surface area (Å²) in [6, 6.07) is 2.86. The van der Waals surface area contributed by atoms with Gasteiger partial charge in [0.05, 0.1) is 18.9 Å². The van der Waals surface area contributed by atoms with Crippen molar-refractivity contribution >= 4 is 0 Å². The Bertz CT molecular complexity index is 373. The van der Waals surface area contributed by atoms with Crippen LogP contribution in [0.3, 0.4) is 0 Å². The molecule has 1 aromatic rings. The number of hydrogen-bond acceptors (Lipinski definition) is 4. The quantitative estimate of drug-likeness (QED) is 0.817. The number of rotatable bonds is 7. The van der Waals surface area contributed by atoms with Crippen LogP contribution in [0.1, 0.15) is 38.9 Å². The smallest absolute Gasteiger partial charge is 0.159 e. The van der Waals surface area contributed by atoms with E-state index in [9.17, 15) is 0 Å². The SMILES string of the molecule is CCNC(Cc1ccn(C(C)C)n1)CC1OCCO1. The first kappa shape index (κ1) is 14.5. The first-order valence-corrected chi connectivity index (χ1v) is 7.19. The maximum atomic E-state index is 5.52. The lowest BCUT2D eigenvalue weighted by Gasteiger charge is -2.19. The Labute approximate surface area is 115 Å². The van der Waals surface area contributed by atoms with Gasteiger partial charge in [0.2, 0.25) is 0 Å². The summed E-state index contributed by atoms with van der Waals surface area (Å²) in [7, 11) is 0. The normalized spacial score (nSPS) is 18.3. The van der Waals surface area contributed by atoms with E-state index in [4.69, 9.17) is 9.47 Å². The lowest BCUT2D eigenvalue weighted by Crippen LogP contribution is -2.35. The van der Waals surface area contributed by atoms with Crippen LogP contribution in [0.25, 0.3) is 0 Å². The lowest BCUT2D eigenvalue weighted by atomic mass is 10.1. The predicted octanol–water partition coefficient (Wildman–Crippen LogP) is 1.75. The summed E-state index contributed by atoms with van der Waals surface area (Å²) in [5.74, 6) is 0. The Morgan fingerprint density at radius 3 is 2.74 bits per heavy atom. The molecule has 0 radical (unpaired) electrons. The van der Waals surface area contributed by atoms with Crippen molar-refractivity contribution in [2.75, 3.05) is 19.8 Å². The van der Waals surface area contributed by atoms with E-state index in [0.717, 1.165) is 25.1 Å². The molecule has 108 valence electrons. The third-order valence-corrected chi connectivity index (χ3v) is 3.31. The Balaban J connectivity index is 1.90. The van der Waals surface area contributed by atoms with Crippen LogP contribution in [-0.2, 0) is 15.9 Å². The summed E-state index contributed by atoms with van der Waals surface area (Å²) in [6.07, 6.45) is 3.78. The summed E-state index contributed by atoms with van der Waals surface area (Å²) in [4.78, 5) is 0. The van der Waals surface area contributed by atoms with Gasteiger partial charge in [-0.2, -0.15) is 5.10 Å². The minimum absolute atomic E-state index is 0.0590. The maximum Gasteiger partial charge on any atom is 0.159 e. The molecule has 0 aliphatic carbocycles. The minimum Gasteiger partial charge on any atom is -0.350 e. The topological polar surface area (TPSA) is 48.3 Å². The maximum absolute atomic E-state index is 5.52. The average molecular weight is 267 g/mol. The first-order valence-electron chi connectivity index (χ1n) is 7.19. The minimum atomic E-state index is -0.0590. The van der Waals surface area contributed by atoms with Gasteiger partial charge in [-0.25, -0.2) is 0 Å². The van der Waals surface area contributed by atoms with Gasteiger partial charge in [0.1, 0.15) is 0 Å². The van der Waals surface area contributed by atoms with E-state index in [1.807, 2.05) is 10.9 Å². The molecule has 1 aliphatic rings. The third kappa shape index (κ3) is 4.30. The van der Waals surface area contributed by atoms with Gasteiger partial charge < -0.3 is 14.8 Å². The van der Waals surface area contributed by atoms with Crippen molar-refractivity contribution < 1.29 is 9.47 Å². The van der Waals surface area contributed by atoms with Crippen LogP contribution in [0.15, 0.2) is 12.3 Å². The zero-order valence-corrected chi connectivity index (χ0v) is 12.1. The van der Waals surface area contributed by atoms with Crippen molar-refractivity contribution in [3.8, 4) is 0 Å². The van der Waals surface area contributed by atoms with E-state index in [1.165, 1.54) is 0 Å². The molecule has 0 bridgehead atoms. The molecular formula is C14H25N3O2. The van der Waals surface area contributed by atoms with Crippen molar-refractivity contribution in [2.45, 2.75) is 52.0 Å². The fraction of sp³-hybridized carbons (Fsp3) is 0.786. The monoisotopic (exact) mass is 267 g/mol. The zero-order chi connectivity index (χ0) is 13.7. The van der Waals surface area contributed by atoms with Gasteiger partial charge >= 0.3 is 0 Å². The van der Waals surface area contributed by atoms with Crippen LogP contribution in [0, 0.1) is 0 Å². The van der Waals surface area contributed by atoms with E-state index < -0.39 is 0 Å². The standard InChI is InChI=1S/C14H25N3O2/c1-4-15-13(10-14-18-7-8-19-14)9-12-5-6-17(16-12)11(2)3/h5-6,11,13-15H,4,7-10H2,1-3H3. The molecule has 19 heavy (non-hydrogen) atoms. The molecule has 5 heteroatoms. The zero-order valence-electron chi connectivity index (χ0n) is 12.1. The highest BCUT2D eigenvalue weighted by molar-refractivity contribution is 5.02. The number of aromatic nitrogens is 2. The Morgan fingerprint density at radius 2 is 2.16 bits per heavy atom. The molecule has 5 nitrogen and oxygen atoms in total. The van der Waals surface area contributed by atoms with Crippen molar-refractivity contribution in [3.05, 3.63) is 18.0 Å². The molecule has 0 amide bonds. The van der Waals surface area contributed by atoms with Gasteiger partial charge in [-0.05, 0) is 26.5 Å². The number of ether oxygens (including phenoxy) is 2. The number of hydrogen-bond donors (Lipinski definition) is 1. The van der Waals surface area contributed by atoms with E-state index in [0.29, 0.717) is 25.3 Å². The molecule has 1 atom stereocenters. The van der Waals surface area contributed by atoms with Crippen LogP contribution >= 0.6 is 0 Å². The highest BCUT2D eigenvalue weighted by Gasteiger charge is 2.21. The molecule has 0 saturated carbocycles. The fourth-order valence-corrected chi connectivity index (χ4v) is 2.33. The highest BCUT2D eigenvalue weighted by atomic mass is 16.7. The van der Waals surface area contributed by atoms with Gasteiger partial charge in [-0.15, -0.1) is 0 Å². The average Bonchev–Trinajstić information content (AvgIpc) is 3.00. The van der Waals surface area contributed by atoms with E-state index >= 15 is 0 Å². The molecule has 1 N–H and O–H groups in total. The largest absolute Gasteiger partial charge is 0.350 e. The molecule has 2 rings (SSSR count). The molecule has 0 spiro atoms. The molecule has 1 aliphatic heterocycles. The van der Waals surface area contributed by atoms with E-state index in [1.54, 1.807) is 0 Å². The van der Waals surface area contributed by atoms with Crippen molar-refractivity contribution in [1.29, 1.82) is 0 Å². The van der Waals surface area contributed by atoms with E-state index in [2.05, 4.69) is 37.3 Å². The fourth-order valence-electron chi connectivity index (χ4n) is 2.33. The second-order valence-corrected chi connectivity index (χ2v) is 5.25. The van der Waals surface area contributed by atoms with Crippen LogP contribution in [-0.4, -0.2) is 41.9 Å². The third-order valence-electron chi connectivity index (χ3n) is 3.31. The summed E-state index contributed by atoms with van der Waals surface area (Å²) in [5.41, 5.74) is 1.12. The predicted molar refractivity (Wildman–Crippen MR) is 74.1 cm³/mol. The molecule has 1 saturated heterocycles. The van der Waals surface area contributed by atoms with Crippen molar-refractivity contribution in [1.82, 2.24) is 15.1 Å². The molecule has 1 unspecified atom stereocenters. The second-order valence-electron chi connectivity index (χ2n) is 5.25. The highest BCUT2D eigenvalue weighted by Crippen LogP contribution is 2.14. The van der Waals surface area contributed by atoms with Crippen molar-refractivity contribution in [2.24, 2.45) is 0 Å². The van der Waals surface area contributed by atoms with Gasteiger partial charge in [-0.1, -0.05) is 6.92 Å². The Kier molecular flexibility index (Phi) is 5.36. The van der Waals surface area contributed by atoms with Crippen LogP contribution < -0.4 is 5.32 Å². The first-order chi connectivity index (χ1) is 9.19. The van der Waals surface area contributed by atoms with E-state index in [-0.39, 0.29) is 6.29 Å². The van der Waals surface area contributed by atoms with Crippen LogP contribution in [0.4, 0.5) is 0 Å².